The maximum atomic E-state index is 13.7. The van der Waals surface area contributed by atoms with Crippen LogP contribution in [0, 0.1) is 0 Å². The zero-order valence-corrected chi connectivity index (χ0v) is 22.0. The Hall–Kier alpha value is -0.500. The Balaban J connectivity index is 3.54. The van der Waals surface area contributed by atoms with Crippen LogP contribution in [0.25, 0.3) is 0 Å². The average Bonchev–Trinajstić information content (AvgIpc) is 2.75. The van der Waals surface area contributed by atoms with Crippen LogP contribution in [0.4, 0.5) is 0 Å². The summed E-state index contributed by atoms with van der Waals surface area (Å²) in [6.45, 7) is 6.09. The van der Waals surface area contributed by atoms with E-state index in [1.54, 1.807) is 12.1 Å². The van der Waals surface area contributed by atoms with E-state index in [-0.39, 0.29) is 11.5 Å². The standard InChI is InChI=1S/C24H41Cl2O3P/c1-6-10-16-30(17-11-7-2,18-12-8-3,19-13-9-4)29-24(27)22-20(25)14-15-21(26)23(22)28-5/h14-15H,6-13,16-19H2,1-5H3. The molecule has 1 rings (SSSR count). The normalized spacial score (nSPS) is 13.0. The van der Waals surface area contributed by atoms with Crippen molar-refractivity contribution in [2.24, 2.45) is 0 Å². The Labute approximate surface area is 194 Å². The van der Waals surface area contributed by atoms with E-state index in [1.165, 1.54) is 7.11 Å². The monoisotopic (exact) mass is 478 g/mol. The summed E-state index contributed by atoms with van der Waals surface area (Å²) in [4.78, 5) is 13.7. The number of carbonyl (C=O) groups excluding carboxylic acids is 1. The van der Waals surface area contributed by atoms with E-state index >= 15 is 0 Å². The molecule has 0 bridgehead atoms. The molecule has 0 heterocycles. The molecule has 0 amide bonds. The Morgan fingerprint density at radius 1 is 0.800 bits per heavy atom. The third kappa shape index (κ3) is 7.01. The first-order valence-electron chi connectivity index (χ1n) is 11.6. The van der Waals surface area contributed by atoms with Gasteiger partial charge in [-0.05, 0) is 0 Å². The van der Waals surface area contributed by atoms with E-state index in [2.05, 4.69) is 27.7 Å². The second kappa shape index (κ2) is 13.1. The summed E-state index contributed by atoms with van der Waals surface area (Å²) in [6, 6.07) is 3.30. The third-order valence-corrected chi connectivity index (χ3v) is 13.2. The van der Waals surface area contributed by atoms with Crippen LogP contribution >= 0.6 is 30.0 Å². The molecule has 0 saturated heterocycles. The maximum absolute atomic E-state index is 13.7. The van der Waals surface area contributed by atoms with Gasteiger partial charge >= 0.3 is 194 Å². The topological polar surface area (TPSA) is 35.5 Å². The van der Waals surface area contributed by atoms with E-state index in [0.29, 0.717) is 15.8 Å². The number of hydrogen-bond acceptors (Lipinski definition) is 3. The van der Waals surface area contributed by atoms with Crippen molar-refractivity contribution in [3.63, 3.8) is 0 Å². The molecule has 0 aromatic heterocycles. The van der Waals surface area contributed by atoms with Crippen molar-refractivity contribution in [1.82, 2.24) is 0 Å². The molecular formula is C24H41Cl2O3P. The molecule has 0 aliphatic rings. The number of rotatable bonds is 15. The van der Waals surface area contributed by atoms with Gasteiger partial charge in [0.1, 0.15) is 0 Å². The summed E-state index contributed by atoms with van der Waals surface area (Å²) in [7, 11) is 1.51. The molecule has 174 valence electrons. The Morgan fingerprint density at radius 2 is 1.20 bits per heavy atom. The van der Waals surface area contributed by atoms with Gasteiger partial charge in [0.25, 0.3) is 0 Å². The van der Waals surface area contributed by atoms with Crippen LogP contribution in [0.2, 0.25) is 10.0 Å². The van der Waals surface area contributed by atoms with Gasteiger partial charge in [0.05, 0.1) is 0 Å². The van der Waals surface area contributed by atoms with E-state index in [0.717, 1.165) is 76.0 Å². The van der Waals surface area contributed by atoms with Crippen LogP contribution < -0.4 is 4.74 Å². The van der Waals surface area contributed by atoms with Crippen molar-refractivity contribution in [2.45, 2.75) is 79.1 Å². The van der Waals surface area contributed by atoms with Gasteiger partial charge in [0.2, 0.25) is 0 Å². The van der Waals surface area contributed by atoms with Crippen molar-refractivity contribution in [1.29, 1.82) is 0 Å². The number of methoxy groups -OCH3 is 1. The Morgan fingerprint density at radius 3 is 1.57 bits per heavy atom. The Kier molecular flexibility index (Phi) is 12.1. The molecule has 1 aromatic carbocycles. The first kappa shape index (κ1) is 27.5. The van der Waals surface area contributed by atoms with Crippen LogP contribution in [-0.4, -0.2) is 37.7 Å². The number of hydrogen-bond donors (Lipinski definition) is 0. The van der Waals surface area contributed by atoms with E-state index in [1.807, 2.05) is 0 Å². The minimum atomic E-state index is -2.76. The van der Waals surface area contributed by atoms with Gasteiger partial charge in [-0.2, -0.15) is 0 Å². The third-order valence-electron chi connectivity index (χ3n) is 6.12. The van der Waals surface area contributed by atoms with Crippen LogP contribution in [-0.2, 0) is 4.52 Å². The first-order chi connectivity index (χ1) is 14.3. The molecule has 0 aliphatic heterocycles. The van der Waals surface area contributed by atoms with Crippen molar-refractivity contribution < 1.29 is 14.1 Å². The molecule has 1 aromatic rings. The minimum absolute atomic E-state index is 0.265. The fourth-order valence-electron chi connectivity index (χ4n) is 4.29. The fourth-order valence-corrected chi connectivity index (χ4v) is 11.5. The van der Waals surface area contributed by atoms with Gasteiger partial charge in [0, 0.05) is 0 Å². The van der Waals surface area contributed by atoms with Crippen LogP contribution in [0.15, 0.2) is 12.1 Å². The van der Waals surface area contributed by atoms with Crippen LogP contribution in [0.5, 0.6) is 5.75 Å². The summed E-state index contributed by atoms with van der Waals surface area (Å²) in [6.07, 6.45) is 12.8. The average molecular weight is 479 g/mol. The quantitative estimate of drug-likeness (QED) is 0.236. The van der Waals surface area contributed by atoms with Crippen molar-refractivity contribution in [2.75, 3.05) is 31.8 Å². The summed E-state index contributed by atoms with van der Waals surface area (Å²) >= 11 is 12.7. The molecule has 0 N–H and O–H groups in total. The summed E-state index contributed by atoms with van der Waals surface area (Å²) < 4.78 is 12.2. The molecule has 0 spiro atoms. The molecule has 0 radical (unpaired) electrons. The molecule has 0 saturated carbocycles. The molecule has 0 fully saturated rings. The van der Waals surface area contributed by atoms with Gasteiger partial charge in [0.15, 0.2) is 0 Å². The SMILES string of the molecule is CCCCP(CCCC)(CCCC)(CCCC)OC(=O)c1c(Cl)ccc(Cl)c1OC. The van der Waals surface area contributed by atoms with Gasteiger partial charge in [-0.25, -0.2) is 0 Å². The molecule has 3 nitrogen and oxygen atoms in total. The summed E-state index contributed by atoms with van der Waals surface area (Å²) in [5.41, 5.74) is 0.265. The van der Waals surface area contributed by atoms with Gasteiger partial charge < -0.3 is 0 Å². The molecular weight excluding hydrogens is 438 g/mol. The van der Waals surface area contributed by atoms with Gasteiger partial charge in [-0.15, -0.1) is 0 Å². The van der Waals surface area contributed by atoms with Crippen molar-refractivity contribution in [3.8, 4) is 5.75 Å². The number of halogens is 2. The molecule has 6 heteroatoms. The van der Waals surface area contributed by atoms with E-state index in [9.17, 15) is 4.79 Å². The van der Waals surface area contributed by atoms with Crippen LogP contribution in [0.3, 0.4) is 0 Å². The van der Waals surface area contributed by atoms with Crippen molar-refractivity contribution >= 4 is 36.0 Å². The number of carbonyl (C=O) groups is 1. The van der Waals surface area contributed by atoms with Crippen LogP contribution in [0.1, 0.15) is 89.4 Å². The zero-order chi connectivity index (χ0) is 22.6. The second-order valence-corrected chi connectivity index (χ2v) is 15.0. The second-order valence-electron chi connectivity index (χ2n) is 8.48. The van der Waals surface area contributed by atoms with E-state index < -0.39 is 6.83 Å². The van der Waals surface area contributed by atoms with E-state index in [4.69, 9.17) is 32.5 Å². The molecule has 0 unspecified atom stereocenters. The molecule has 30 heavy (non-hydrogen) atoms. The number of unbranched alkanes of at least 4 members (excludes halogenated alkanes) is 4. The Bertz CT molecular complexity index is 635. The molecule has 0 atom stereocenters. The zero-order valence-electron chi connectivity index (χ0n) is 19.6. The first-order valence-corrected chi connectivity index (χ1v) is 15.2. The van der Waals surface area contributed by atoms with Gasteiger partial charge in [-0.1, -0.05) is 0 Å². The summed E-state index contributed by atoms with van der Waals surface area (Å²) in [5.74, 6) is -0.0563. The molecule has 0 aliphatic carbocycles. The fraction of sp³-hybridized carbons (Fsp3) is 0.708. The number of ether oxygens (including phenoxy) is 1. The van der Waals surface area contributed by atoms with Gasteiger partial charge in [-0.3, -0.25) is 0 Å². The predicted molar refractivity (Wildman–Crippen MR) is 134 cm³/mol. The number of benzene rings is 1. The predicted octanol–water partition coefficient (Wildman–Crippen LogP) is 8.83. The van der Waals surface area contributed by atoms with Crippen molar-refractivity contribution in [3.05, 3.63) is 27.7 Å². The summed E-state index contributed by atoms with van der Waals surface area (Å²) in [5, 5.41) is 0.702.